The molecule has 104 valence electrons. The van der Waals surface area contributed by atoms with Gasteiger partial charge in [0, 0.05) is 6.04 Å². The number of hydrogen-bond acceptors (Lipinski definition) is 3. The molecular weight excluding hydrogens is 330 g/mol. The third kappa shape index (κ3) is 3.04. The Balaban J connectivity index is 2.47. The van der Waals surface area contributed by atoms with E-state index in [1.54, 1.807) is 6.20 Å². The van der Waals surface area contributed by atoms with Gasteiger partial charge in [-0.1, -0.05) is 18.5 Å². The van der Waals surface area contributed by atoms with Crippen molar-refractivity contribution in [2.75, 3.05) is 6.54 Å². The molecule has 4 nitrogen and oxygen atoms in total. The third-order valence-electron chi connectivity index (χ3n) is 2.84. The van der Waals surface area contributed by atoms with Crippen molar-refractivity contribution in [3.05, 3.63) is 39.5 Å². The monoisotopic (exact) mass is 345 g/mol. The van der Waals surface area contributed by atoms with Crippen LogP contribution in [-0.2, 0) is 0 Å². The Hall–Kier alpha value is -0.780. The second kappa shape index (κ2) is 6.11. The van der Waals surface area contributed by atoms with Crippen LogP contribution in [0.15, 0.2) is 27.4 Å². The van der Waals surface area contributed by atoms with Crippen LogP contribution in [-0.4, -0.2) is 16.3 Å². The summed E-state index contributed by atoms with van der Waals surface area (Å²) >= 11 is 9.63. The topological polar surface area (TPSA) is 43.0 Å². The van der Waals surface area contributed by atoms with Crippen LogP contribution in [0.5, 0.6) is 0 Å². The van der Waals surface area contributed by atoms with Crippen molar-refractivity contribution < 1.29 is 4.42 Å². The van der Waals surface area contributed by atoms with Gasteiger partial charge in [0.2, 0.25) is 0 Å². The molecule has 19 heavy (non-hydrogen) atoms. The highest BCUT2D eigenvalue weighted by molar-refractivity contribution is 9.10. The van der Waals surface area contributed by atoms with Crippen LogP contribution in [0.3, 0.4) is 0 Å². The highest BCUT2D eigenvalue weighted by atomic mass is 79.9. The highest BCUT2D eigenvalue weighted by Crippen LogP contribution is 2.32. The number of halogens is 2. The van der Waals surface area contributed by atoms with E-state index in [1.165, 1.54) is 0 Å². The lowest BCUT2D eigenvalue weighted by Gasteiger charge is -2.20. The highest BCUT2D eigenvalue weighted by Gasteiger charge is 2.25. The molecule has 0 amide bonds. The first-order chi connectivity index (χ1) is 9.04. The molecule has 0 bridgehead atoms. The van der Waals surface area contributed by atoms with Crippen molar-refractivity contribution in [3.8, 4) is 0 Å². The number of aromatic nitrogens is 2. The maximum atomic E-state index is 6.30. The van der Waals surface area contributed by atoms with E-state index in [9.17, 15) is 0 Å². The smallest absolute Gasteiger partial charge is 0.169 e. The van der Waals surface area contributed by atoms with E-state index in [2.05, 4.69) is 47.1 Å². The molecule has 2 aromatic rings. The van der Waals surface area contributed by atoms with Gasteiger partial charge in [-0.05, 0) is 48.5 Å². The van der Waals surface area contributed by atoms with Gasteiger partial charge in [0.1, 0.15) is 11.8 Å². The van der Waals surface area contributed by atoms with E-state index >= 15 is 0 Å². The fourth-order valence-corrected chi connectivity index (χ4v) is 2.61. The van der Waals surface area contributed by atoms with Gasteiger partial charge in [0.25, 0.3) is 0 Å². The molecule has 0 aliphatic rings. The molecule has 0 spiro atoms. The van der Waals surface area contributed by atoms with Gasteiger partial charge in [-0.3, -0.25) is 4.68 Å². The molecule has 6 heteroatoms. The number of nitrogens with one attached hydrogen (secondary N) is 1. The summed E-state index contributed by atoms with van der Waals surface area (Å²) in [5, 5.41) is 8.38. The third-order valence-corrected chi connectivity index (χ3v) is 3.55. The maximum Gasteiger partial charge on any atom is 0.169 e. The van der Waals surface area contributed by atoms with Crippen molar-refractivity contribution in [3.63, 3.8) is 0 Å². The van der Waals surface area contributed by atoms with E-state index in [0.29, 0.717) is 9.69 Å². The van der Waals surface area contributed by atoms with Crippen LogP contribution in [0, 0.1) is 0 Å². The average molecular weight is 347 g/mol. The molecule has 0 aliphatic carbocycles. The molecule has 1 N–H and O–H groups in total. The molecule has 0 saturated heterocycles. The molecule has 2 aromatic heterocycles. The largest absolute Gasteiger partial charge is 0.452 e. The van der Waals surface area contributed by atoms with Crippen molar-refractivity contribution in [1.82, 2.24) is 15.1 Å². The Morgan fingerprint density at radius 2 is 2.21 bits per heavy atom. The second-order valence-electron chi connectivity index (χ2n) is 4.55. The van der Waals surface area contributed by atoms with E-state index in [4.69, 9.17) is 16.0 Å². The summed E-state index contributed by atoms with van der Waals surface area (Å²) in [5.41, 5.74) is 0.931. The van der Waals surface area contributed by atoms with Gasteiger partial charge in [-0.2, -0.15) is 5.10 Å². The first-order valence-corrected chi connectivity index (χ1v) is 7.43. The molecule has 0 fully saturated rings. The van der Waals surface area contributed by atoms with E-state index in [1.807, 2.05) is 16.8 Å². The number of rotatable bonds is 5. The molecule has 0 aliphatic heterocycles. The van der Waals surface area contributed by atoms with E-state index in [0.717, 1.165) is 18.0 Å². The van der Waals surface area contributed by atoms with Crippen LogP contribution in [0.2, 0.25) is 5.02 Å². The molecule has 2 heterocycles. The minimum atomic E-state index is -0.103. The first-order valence-electron chi connectivity index (χ1n) is 6.26. The SMILES string of the molecule is CCNC(c1ccc(Br)o1)c1c(Cl)cnn1C(C)C. The molecule has 1 unspecified atom stereocenters. The van der Waals surface area contributed by atoms with Crippen LogP contribution in [0.4, 0.5) is 0 Å². The van der Waals surface area contributed by atoms with Crippen LogP contribution in [0.1, 0.15) is 44.3 Å². The van der Waals surface area contributed by atoms with Gasteiger partial charge in [-0.25, -0.2) is 0 Å². The molecule has 0 radical (unpaired) electrons. The Morgan fingerprint density at radius 3 is 2.74 bits per heavy atom. The minimum Gasteiger partial charge on any atom is -0.452 e. The van der Waals surface area contributed by atoms with Crippen molar-refractivity contribution in [1.29, 1.82) is 0 Å². The van der Waals surface area contributed by atoms with Gasteiger partial charge >= 0.3 is 0 Å². The van der Waals surface area contributed by atoms with Crippen LogP contribution < -0.4 is 5.32 Å². The van der Waals surface area contributed by atoms with Crippen molar-refractivity contribution in [2.24, 2.45) is 0 Å². The minimum absolute atomic E-state index is 0.103. The summed E-state index contributed by atoms with van der Waals surface area (Å²) in [4.78, 5) is 0. The Morgan fingerprint density at radius 1 is 1.47 bits per heavy atom. The van der Waals surface area contributed by atoms with Gasteiger partial charge in [0.05, 0.1) is 16.9 Å². The zero-order chi connectivity index (χ0) is 14.0. The summed E-state index contributed by atoms with van der Waals surface area (Å²) < 4.78 is 8.29. The summed E-state index contributed by atoms with van der Waals surface area (Å²) in [5.74, 6) is 0.818. The lowest BCUT2D eigenvalue weighted by atomic mass is 10.1. The Kier molecular flexibility index (Phi) is 4.71. The van der Waals surface area contributed by atoms with Crippen molar-refractivity contribution in [2.45, 2.75) is 32.9 Å². The fourth-order valence-electron chi connectivity index (χ4n) is 2.05. The maximum absolute atomic E-state index is 6.30. The van der Waals surface area contributed by atoms with Crippen LogP contribution >= 0.6 is 27.5 Å². The zero-order valence-electron chi connectivity index (χ0n) is 11.2. The quantitative estimate of drug-likeness (QED) is 0.883. The lowest BCUT2D eigenvalue weighted by Crippen LogP contribution is -2.25. The van der Waals surface area contributed by atoms with Gasteiger partial charge in [-0.15, -0.1) is 0 Å². The first kappa shape index (κ1) is 14.6. The van der Waals surface area contributed by atoms with Crippen molar-refractivity contribution >= 4 is 27.5 Å². The van der Waals surface area contributed by atoms with Crippen LogP contribution in [0.25, 0.3) is 0 Å². The van der Waals surface area contributed by atoms with Gasteiger partial charge < -0.3 is 9.73 Å². The normalized spacial score (nSPS) is 13.2. The lowest BCUT2D eigenvalue weighted by molar-refractivity contribution is 0.408. The van der Waals surface area contributed by atoms with E-state index in [-0.39, 0.29) is 12.1 Å². The number of furan rings is 1. The standard InChI is InChI=1S/C13H17BrClN3O/c1-4-16-12(10-5-6-11(14)19-10)13-9(15)7-17-18(13)8(2)3/h5-8,12,16H,4H2,1-3H3. The molecule has 1 atom stereocenters. The predicted molar refractivity (Wildman–Crippen MR) is 79.5 cm³/mol. The Bertz CT molecular complexity index is 550. The molecule has 2 rings (SSSR count). The number of nitrogens with zero attached hydrogens (tertiary/aromatic N) is 2. The van der Waals surface area contributed by atoms with Gasteiger partial charge in [0.15, 0.2) is 4.67 Å². The average Bonchev–Trinajstić information content (AvgIpc) is 2.93. The predicted octanol–water partition coefficient (Wildman–Crippen LogP) is 4.17. The fraction of sp³-hybridized carbons (Fsp3) is 0.462. The summed E-state index contributed by atoms with van der Waals surface area (Å²) in [6.07, 6.45) is 1.68. The molecule has 0 saturated carbocycles. The zero-order valence-corrected chi connectivity index (χ0v) is 13.5. The molecular formula is C13H17BrClN3O. The molecule has 0 aromatic carbocycles. The van der Waals surface area contributed by atoms with E-state index < -0.39 is 0 Å². The summed E-state index contributed by atoms with van der Waals surface area (Å²) in [7, 11) is 0. The summed E-state index contributed by atoms with van der Waals surface area (Å²) in [6.45, 7) is 7.01. The second-order valence-corrected chi connectivity index (χ2v) is 5.74. The summed E-state index contributed by atoms with van der Waals surface area (Å²) in [6, 6.07) is 3.95. The Labute approximate surface area is 126 Å². The number of hydrogen-bond donors (Lipinski definition) is 1.